The van der Waals surface area contributed by atoms with E-state index in [4.69, 9.17) is 0 Å². The van der Waals surface area contributed by atoms with Gasteiger partial charge in [0.2, 0.25) is 0 Å². The molecule has 0 aromatic carbocycles. The first kappa shape index (κ1) is 14.4. The highest BCUT2D eigenvalue weighted by atomic mass is 79.9. The van der Waals surface area contributed by atoms with Crippen LogP contribution in [0.1, 0.15) is 12.7 Å². The molecular weight excluding hydrogens is 324 g/mol. The zero-order valence-electron chi connectivity index (χ0n) is 11.2. The number of aryl methyl sites for hydroxylation is 1. The number of carbonyl (C=O) groups is 1. The van der Waals surface area contributed by atoms with Crippen molar-refractivity contribution in [2.24, 2.45) is 0 Å². The lowest BCUT2D eigenvalue weighted by Gasteiger charge is -2.15. The lowest BCUT2D eigenvalue weighted by atomic mass is 10.5. The smallest absolute Gasteiger partial charge is 0.320 e. The molecule has 2 aromatic rings. The molecule has 2 heterocycles. The van der Waals surface area contributed by atoms with Crippen LogP contribution >= 0.6 is 15.9 Å². The second-order valence-corrected chi connectivity index (χ2v) is 5.08. The largest absolute Gasteiger partial charge is 0.323 e. The van der Waals surface area contributed by atoms with Gasteiger partial charge in [0.1, 0.15) is 5.82 Å². The minimum Gasteiger partial charge on any atom is -0.320 e. The third kappa shape index (κ3) is 3.77. The number of hydrogen-bond acceptors (Lipinski definition) is 4. The van der Waals surface area contributed by atoms with Crippen molar-refractivity contribution in [3.63, 3.8) is 0 Å². The summed E-state index contributed by atoms with van der Waals surface area (Å²) in [6.45, 7) is 3.07. The van der Waals surface area contributed by atoms with E-state index < -0.39 is 0 Å². The predicted molar refractivity (Wildman–Crippen MR) is 78.1 cm³/mol. The fourth-order valence-corrected chi connectivity index (χ4v) is 1.72. The van der Waals surface area contributed by atoms with E-state index >= 15 is 0 Å². The quantitative estimate of drug-likeness (QED) is 0.926. The summed E-state index contributed by atoms with van der Waals surface area (Å²) < 4.78 is 2.55. The number of anilines is 1. The predicted octanol–water partition coefficient (Wildman–Crippen LogP) is 2.12. The van der Waals surface area contributed by atoms with Crippen molar-refractivity contribution in [2.75, 3.05) is 12.4 Å². The Labute approximate surface area is 125 Å². The van der Waals surface area contributed by atoms with Gasteiger partial charge < -0.3 is 4.90 Å². The van der Waals surface area contributed by atoms with Crippen molar-refractivity contribution in [3.8, 4) is 0 Å². The Kier molecular flexibility index (Phi) is 4.67. The molecule has 8 heteroatoms. The monoisotopic (exact) mass is 338 g/mol. The van der Waals surface area contributed by atoms with Crippen molar-refractivity contribution in [2.45, 2.75) is 20.0 Å². The molecule has 0 fully saturated rings. The molecule has 0 aliphatic carbocycles. The maximum absolute atomic E-state index is 12.0. The van der Waals surface area contributed by atoms with Crippen LogP contribution in [0, 0.1) is 0 Å². The summed E-state index contributed by atoms with van der Waals surface area (Å²) in [5.74, 6) is 1.10. The van der Waals surface area contributed by atoms with Gasteiger partial charge in [0.05, 0.1) is 11.0 Å². The van der Waals surface area contributed by atoms with E-state index in [0.717, 1.165) is 11.0 Å². The van der Waals surface area contributed by atoms with E-state index in [1.165, 1.54) is 4.90 Å². The fourth-order valence-electron chi connectivity index (χ4n) is 1.51. The summed E-state index contributed by atoms with van der Waals surface area (Å²) in [6, 6.07) is 1.50. The number of aromatic nitrogens is 4. The summed E-state index contributed by atoms with van der Waals surface area (Å²) in [7, 11) is 1.68. The minimum absolute atomic E-state index is 0.252. The second kappa shape index (κ2) is 6.47. The van der Waals surface area contributed by atoms with E-state index in [9.17, 15) is 4.79 Å². The molecule has 106 valence electrons. The van der Waals surface area contributed by atoms with E-state index in [0.29, 0.717) is 18.2 Å². The summed E-state index contributed by atoms with van der Waals surface area (Å²) in [5.41, 5.74) is 0. The van der Waals surface area contributed by atoms with Crippen LogP contribution in [-0.2, 0) is 13.1 Å². The SMILES string of the molecule is CCn1ccc(NC(=O)N(C)Cc2ncc(Br)cn2)n1. The molecule has 0 atom stereocenters. The highest BCUT2D eigenvalue weighted by Gasteiger charge is 2.12. The van der Waals surface area contributed by atoms with E-state index in [-0.39, 0.29) is 6.03 Å². The molecule has 0 saturated heterocycles. The Morgan fingerprint density at radius 2 is 2.15 bits per heavy atom. The zero-order chi connectivity index (χ0) is 14.5. The number of nitrogens with one attached hydrogen (secondary N) is 1. The lowest BCUT2D eigenvalue weighted by molar-refractivity contribution is 0.219. The molecule has 20 heavy (non-hydrogen) atoms. The van der Waals surface area contributed by atoms with E-state index in [1.807, 2.05) is 13.1 Å². The summed E-state index contributed by atoms with van der Waals surface area (Å²) in [5, 5.41) is 6.91. The van der Waals surface area contributed by atoms with Crippen LogP contribution in [0.15, 0.2) is 29.1 Å². The van der Waals surface area contributed by atoms with Gasteiger partial charge in [-0.3, -0.25) is 10.00 Å². The Morgan fingerprint density at radius 1 is 1.45 bits per heavy atom. The van der Waals surface area contributed by atoms with Gasteiger partial charge in [-0.15, -0.1) is 0 Å². The third-order valence-electron chi connectivity index (χ3n) is 2.60. The van der Waals surface area contributed by atoms with Crippen molar-refractivity contribution < 1.29 is 4.79 Å². The molecule has 0 bridgehead atoms. The topological polar surface area (TPSA) is 75.9 Å². The molecule has 0 spiro atoms. The van der Waals surface area contributed by atoms with Gasteiger partial charge in [-0.05, 0) is 22.9 Å². The van der Waals surface area contributed by atoms with Gasteiger partial charge in [-0.2, -0.15) is 5.10 Å². The van der Waals surface area contributed by atoms with Crippen molar-refractivity contribution in [1.29, 1.82) is 0 Å². The Hall–Kier alpha value is -1.96. The number of carbonyl (C=O) groups excluding carboxylic acids is 1. The van der Waals surface area contributed by atoms with Gasteiger partial charge in [-0.25, -0.2) is 14.8 Å². The van der Waals surface area contributed by atoms with Gasteiger partial charge in [-0.1, -0.05) is 0 Å². The molecule has 0 saturated carbocycles. The van der Waals surface area contributed by atoms with Crippen LogP contribution in [0.25, 0.3) is 0 Å². The van der Waals surface area contributed by atoms with E-state index in [1.54, 1.807) is 30.2 Å². The molecular formula is C12H15BrN6O. The first-order valence-electron chi connectivity index (χ1n) is 6.10. The maximum Gasteiger partial charge on any atom is 0.323 e. The Bertz CT molecular complexity index is 582. The van der Waals surface area contributed by atoms with Crippen molar-refractivity contribution in [3.05, 3.63) is 35.0 Å². The lowest BCUT2D eigenvalue weighted by Crippen LogP contribution is -2.31. The zero-order valence-corrected chi connectivity index (χ0v) is 12.8. The Balaban J connectivity index is 1.93. The minimum atomic E-state index is -0.252. The number of halogens is 1. The van der Waals surface area contributed by atoms with E-state index in [2.05, 4.69) is 36.3 Å². The molecule has 0 unspecified atom stereocenters. The number of nitrogens with zero attached hydrogens (tertiary/aromatic N) is 5. The number of urea groups is 1. The van der Waals surface area contributed by atoms with Gasteiger partial charge in [0.15, 0.2) is 5.82 Å². The molecule has 0 aliphatic heterocycles. The van der Waals surface area contributed by atoms with Gasteiger partial charge >= 0.3 is 6.03 Å². The molecule has 1 N–H and O–H groups in total. The number of amides is 2. The molecule has 2 amide bonds. The second-order valence-electron chi connectivity index (χ2n) is 4.16. The van der Waals surface area contributed by atoms with Crippen LogP contribution in [0.5, 0.6) is 0 Å². The highest BCUT2D eigenvalue weighted by Crippen LogP contribution is 2.07. The van der Waals surface area contributed by atoms with Crippen LogP contribution in [-0.4, -0.2) is 37.7 Å². The molecule has 7 nitrogen and oxygen atoms in total. The highest BCUT2D eigenvalue weighted by molar-refractivity contribution is 9.10. The standard InChI is InChI=1S/C12H15BrN6O/c1-3-19-5-4-10(17-19)16-12(20)18(2)8-11-14-6-9(13)7-15-11/h4-7H,3,8H2,1-2H3,(H,16,17,20). The van der Waals surface area contributed by atoms with Crippen LogP contribution < -0.4 is 5.32 Å². The van der Waals surface area contributed by atoms with Gasteiger partial charge in [0, 0.05) is 38.2 Å². The van der Waals surface area contributed by atoms with Crippen molar-refractivity contribution in [1.82, 2.24) is 24.6 Å². The molecule has 0 radical (unpaired) electrons. The molecule has 2 rings (SSSR count). The summed E-state index contributed by atoms with van der Waals surface area (Å²) >= 11 is 3.27. The molecule has 2 aromatic heterocycles. The maximum atomic E-state index is 12.0. The number of hydrogen-bond donors (Lipinski definition) is 1. The third-order valence-corrected chi connectivity index (χ3v) is 3.01. The average molecular weight is 339 g/mol. The first-order valence-corrected chi connectivity index (χ1v) is 6.89. The summed E-state index contributed by atoms with van der Waals surface area (Å²) in [6.07, 6.45) is 5.11. The normalized spacial score (nSPS) is 10.3. The van der Waals surface area contributed by atoms with Crippen LogP contribution in [0.3, 0.4) is 0 Å². The Morgan fingerprint density at radius 3 is 2.75 bits per heavy atom. The fraction of sp³-hybridized carbons (Fsp3) is 0.333. The first-order chi connectivity index (χ1) is 9.58. The number of rotatable bonds is 4. The van der Waals surface area contributed by atoms with Crippen molar-refractivity contribution >= 4 is 27.8 Å². The summed E-state index contributed by atoms with van der Waals surface area (Å²) in [4.78, 5) is 21.7. The van der Waals surface area contributed by atoms with Gasteiger partial charge in [0.25, 0.3) is 0 Å². The molecule has 0 aliphatic rings. The van der Waals surface area contributed by atoms with Crippen LogP contribution in [0.4, 0.5) is 10.6 Å². The average Bonchev–Trinajstić information content (AvgIpc) is 2.89. The van der Waals surface area contributed by atoms with Crippen LogP contribution in [0.2, 0.25) is 0 Å².